The maximum Gasteiger partial charge on any atom is 0.315 e. The lowest BCUT2D eigenvalue weighted by Gasteiger charge is -2.35. The molecule has 0 radical (unpaired) electrons. The minimum Gasteiger partial charge on any atom is -0.459 e. The number of para-hydroxylation sites is 1. The van der Waals surface area contributed by atoms with Crippen LogP contribution in [0.15, 0.2) is 65.1 Å². The Balaban J connectivity index is 1.38. The van der Waals surface area contributed by atoms with Gasteiger partial charge in [-0.3, -0.25) is 4.90 Å². The summed E-state index contributed by atoms with van der Waals surface area (Å²) in [5.74, 6) is 0.745. The van der Waals surface area contributed by atoms with Gasteiger partial charge < -0.3 is 19.8 Å². The van der Waals surface area contributed by atoms with Gasteiger partial charge in [-0.2, -0.15) is 0 Å². The van der Waals surface area contributed by atoms with Crippen molar-refractivity contribution in [3.05, 3.63) is 72.0 Å². The van der Waals surface area contributed by atoms with Crippen LogP contribution in [0.25, 0.3) is 11.0 Å². The lowest BCUT2D eigenvalue weighted by atomic mass is 10.0. The van der Waals surface area contributed by atoms with E-state index in [1.165, 1.54) is 5.56 Å². The van der Waals surface area contributed by atoms with Crippen LogP contribution in [-0.4, -0.2) is 43.8 Å². The van der Waals surface area contributed by atoms with E-state index in [1.807, 2.05) is 55.5 Å². The fourth-order valence-corrected chi connectivity index (χ4v) is 3.75. The van der Waals surface area contributed by atoms with Gasteiger partial charge in [0.15, 0.2) is 0 Å². The number of hydrogen-bond donors (Lipinski definition) is 2. The van der Waals surface area contributed by atoms with Crippen molar-refractivity contribution in [2.24, 2.45) is 0 Å². The zero-order valence-corrected chi connectivity index (χ0v) is 16.6. The van der Waals surface area contributed by atoms with Crippen LogP contribution in [-0.2, 0) is 4.74 Å². The molecular weight excluding hydrogens is 366 g/mol. The van der Waals surface area contributed by atoms with Crippen LogP contribution in [0, 0.1) is 0 Å². The molecule has 4 rings (SSSR count). The van der Waals surface area contributed by atoms with Crippen molar-refractivity contribution in [3.8, 4) is 0 Å². The standard InChI is InChI=1S/C23H27N3O3/c1-17(22-15-19-9-5-6-10-21(19)29-22)25-23(27)24-16-20(18-7-3-2-4-8-18)26-11-13-28-14-12-26/h2-10,15,17,20H,11-14,16H2,1H3,(H2,24,25,27). The molecule has 2 heterocycles. The van der Waals surface area contributed by atoms with Crippen molar-refractivity contribution in [1.82, 2.24) is 15.5 Å². The number of benzene rings is 2. The molecule has 1 saturated heterocycles. The summed E-state index contributed by atoms with van der Waals surface area (Å²) in [6.45, 7) is 5.62. The number of nitrogens with one attached hydrogen (secondary N) is 2. The van der Waals surface area contributed by atoms with Crippen LogP contribution in [0.1, 0.15) is 30.3 Å². The van der Waals surface area contributed by atoms with E-state index in [2.05, 4.69) is 27.7 Å². The van der Waals surface area contributed by atoms with Gasteiger partial charge in [-0.15, -0.1) is 0 Å². The Bertz CT molecular complexity index is 902. The fraction of sp³-hybridized carbons (Fsp3) is 0.348. The molecule has 1 aliphatic rings. The second-order valence-corrected chi connectivity index (χ2v) is 7.34. The monoisotopic (exact) mass is 393 g/mol. The number of nitrogens with zero attached hydrogens (tertiary/aromatic N) is 1. The molecule has 1 aliphatic heterocycles. The summed E-state index contributed by atoms with van der Waals surface area (Å²) >= 11 is 0. The quantitative estimate of drug-likeness (QED) is 0.667. The summed E-state index contributed by atoms with van der Waals surface area (Å²) < 4.78 is 11.3. The predicted molar refractivity (Wildman–Crippen MR) is 113 cm³/mol. The number of fused-ring (bicyclic) bond motifs is 1. The van der Waals surface area contributed by atoms with Crippen LogP contribution in [0.4, 0.5) is 4.79 Å². The second-order valence-electron chi connectivity index (χ2n) is 7.34. The summed E-state index contributed by atoms with van der Waals surface area (Å²) in [5, 5.41) is 7.05. The molecular formula is C23H27N3O3. The van der Waals surface area contributed by atoms with E-state index < -0.39 is 0 Å². The van der Waals surface area contributed by atoms with Gasteiger partial charge in [0.2, 0.25) is 0 Å². The molecule has 2 atom stereocenters. The summed E-state index contributed by atoms with van der Waals surface area (Å²) in [6, 6.07) is 19.8. The van der Waals surface area contributed by atoms with Gasteiger partial charge in [-0.1, -0.05) is 48.5 Å². The third-order valence-electron chi connectivity index (χ3n) is 5.35. The van der Waals surface area contributed by atoms with Gasteiger partial charge in [-0.05, 0) is 24.6 Å². The molecule has 2 amide bonds. The SMILES string of the molecule is CC(NC(=O)NCC(c1ccccc1)N1CCOCC1)c1cc2ccccc2o1. The number of amides is 2. The molecule has 0 bridgehead atoms. The Morgan fingerprint density at radius 3 is 2.55 bits per heavy atom. The first-order valence-electron chi connectivity index (χ1n) is 10.1. The summed E-state index contributed by atoms with van der Waals surface area (Å²) in [6.07, 6.45) is 0. The zero-order chi connectivity index (χ0) is 20.1. The van der Waals surface area contributed by atoms with Crippen LogP contribution < -0.4 is 10.6 Å². The first kappa shape index (κ1) is 19.5. The highest BCUT2D eigenvalue weighted by Gasteiger charge is 2.23. The van der Waals surface area contributed by atoms with Gasteiger partial charge in [0, 0.05) is 25.0 Å². The average Bonchev–Trinajstić information content (AvgIpc) is 3.20. The van der Waals surface area contributed by atoms with Gasteiger partial charge in [0.1, 0.15) is 11.3 Å². The highest BCUT2D eigenvalue weighted by atomic mass is 16.5. The average molecular weight is 393 g/mol. The molecule has 0 aliphatic carbocycles. The van der Waals surface area contributed by atoms with Crippen LogP contribution in [0.3, 0.4) is 0 Å². The molecule has 152 valence electrons. The minimum atomic E-state index is -0.221. The van der Waals surface area contributed by atoms with E-state index in [0.717, 1.165) is 43.0 Å². The third kappa shape index (κ3) is 4.78. The lowest BCUT2D eigenvalue weighted by Crippen LogP contribution is -2.46. The maximum atomic E-state index is 12.6. The Hall–Kier alpha value is -2.83. The Morgan fingerprint density at radius 2 is 1.79 bits per heavy atom. The van der Waals surface area contributed by atoms with E-state index >= 15 is 0 Å². The molecule has 2 N–H and O–H groups in total. The smallest absolute Gasteiger partial charge is 0.315 e. The van der Waals surface area contributed by atoms with Crippen molar-refractivity contribution >= 4 is 17.0 Å². The zero-order valence-electron chi connectivity index (χ0n) is 16.6. The minimum absolute atomic E-state index is 0.118. The van der Waals surface area contributed by atoms with Gasteiger partial charge >= 0.3 is 6.03 Å². The topological polar surface area (TPSA) is 66.7 Å². The van der Waals surface area contributed by atoms with E-state index in [-0.39, 0.29) is 18.1 Å². The molecule has 3 aromatic rings. The van der Waals surface area contributed by atoms with E-state index in [9.17, 15) is 4.79 Å². The largest absolute Gasteiger partial charge is 0.459 e. The second kappa shape index (κ2) is 9.11. The molecule has 2 aromatic carbocycles. The van der Waals surface area contributed by atoms with E-state index in [0.29, 0.717) is 6.54 Å². The van der Waals surface area contributed by atoms with Gasteiger partial charge in [0.05, 0.1) is 25.3 Å². The number of carbonyl (C=O) groups excluding carboxylic acids is 1. The van der Waals surface area contributed by atoms with Crippen LogP contribution in [0.5, 0.6) is 0 Å². The molecule has 1 fully saturated rings. The summed E-state index contributed by atoms with van der Waals surface area (Å²) in [7, 11) is 0. The first-order chi connectivity index (χ1) is 14.2. The summed E-state index contributed by atoms with van der Waals surface area (Å²) in [5.41, 5.74) is 2.02. The van der Waals surface area contributed by atoms with Crippen molar-refractivity contribution in [2.75, 3.05) is 32.8 Å². The number of ether oxygens (including phenoxy) is 1. The molecule has 1 aromatic heterocycles. The number of hydrogen-bond acceptors (Lipinski definition) is 4. The van der Waals surface area contributed by atoms with Crippen molar-refractivity contribution in [3.63, 3.8) is 0 Å². The van der Waals surface area contributed by atoms with Crippen LogP contribution >= 0.6 is 0 Å². The Morgan fingerprint density at radius 1 is 1.07 bits per heavy atom. The Kier molecular flexibility index (Phi) is 6.12. The van der Waals surface area contributed by atoms with Crippen molar-refractivity contribution in [2.45, 2.75) is 19.0 Å². The van der Waals surface area contributed by atoms with Crippen molar-refractivity contribution < 1.29 is 13.9 Å². The molecule has 6 heteroatoms. The predicted octanol–water partition coefficient (Wildman–Crippen LogP) is 3.87. The third-order valence-corrected chi connectivity index (χ3v) is 5.35. The van der Waals surface area contributed by atoms with E-state index in [4.69, 9.17) is 9.15 Å². The lowest BCUT2D eigenvalue weighted by molar-refractivity contribution is 0.0167. The molecule has 2 unspecified atom stereocenters. The van der Waals surface area contributed by atoms with Crippen LogP contribution in [0.2, 0.25) is 0 Å². The molecule has 6 nitrogen and oxygen atoms in total. The highest BCUT2D eigenvalue weighted by molar-refractivity contribution is 5.78. The van der Waals surface area contributed by atoms with Crippen molar-refractivity contribution in [1.29, 1.82) is 0 Å². The normalized spacial score (nSPS) is 17.0. The van der Waals surface area contributed by atoms with E-state index in [1.54, 1.807) is 0 Å². The number of furan rings is 1. The van der Waals surface area contributed by atoms with Gasteiger partial charge in [0.25, 0.3) is 0 Å². The maximum absolute atomic E-state index is 12.6. The number of carbonyl (C=O) groups is 1. The summed E-state index contributed by atoms with van der Waals surface area (Å²) in [4.78, 5) is 14.9. The number of rotatable bonds is 6. The Labute approximate surface area is 170 Å². The van der Waals surface area contributed by atoms with Gasteiger partial charge in [-0.25, -0.2) is 4.79 Å². The number of urea groups is 1. The molecule has 0 saturated carbocycles. The number of morpholine rings is 1. The highest BCUT2D eigenvalue weighted by Crippen LogP contribution is 2.24. The molecule has 29 heavy (non-hydrogen) atoms. The fourth-order valence-electron chi connectivity index (χ4n) is 3.75. The first-order valence-corrected chi connectivity index (χ1v) is 10.1. The molecule has 0 spiro atoms.